The Morgan fingerprint density at radius 2 is 1.95 bits per heavy atom. The highest BCUT2D eigenvalue weighted by molar-refractivity contribution is 9.10. The number of hydrogen-bond acceptors (Lipinski definition) is 2. The van der Waals surface area contributed by atoms with E-state index in [0.717, 1.165) is 22.4 Å². The second kappa shape index (κ2) is 5.29. The van der Waals surface area contributed by atoms with Crippen molar-refractivity contribution in [3.05, 3.63) is 58.1 Å². The SMILES string of the molecule is Cc1ccc(CN2CC(=O)Nc3ccc(Br)cc32)cc1. The second-order valence-electron chi connectivity index (χ2n) is 5.05. The van der Waals surface area contributed by atoms with E-state index in [0.29, 0.717) is 6.54 Å². The number of carbonyl (C=O) groups excluding carboxylic acids is 1. The van der Waals surface area contributed by atoms with Gasteiger partial charge in [0, 0.05) is 11.0 Å². The van der Waals surface area contributed by atoms with Crippen LogP contribution in [-0.4, -0.2) is 12.5 Å². The van der Waals surface area contributed by atoms with Crippen molar-refractivity contribution in [1.82, 2.24) is 0 Å². The van der Waals surface area contributed by atoms with Crippen molar-refractivity contribution in [3.63, 3.8) is 0 Å². The van der Waals surface area contributed by atoms with E-state index in [1.807, 2.05) is 18.2 Å². The molecule has 1 amide bonds. The van der Waals surface area contributed by atoms with E-state index in [4.69, 9.17) is 0 Å². The topological polar surface area (TPSA) is 32.3 Å². The lowest BCUT2D eigenvalue weighted by Gasteiger charge is -2.31. The fourth-order valence-electron chi connectivity index (χ4n) is 2.38. The van der Waals surface area contributed by atoms with Crippen molar-refractivity contribution in [2.75, 3.05) is 16.8 Å². The number of rotatable bonds is 2. The molecule has 2 aromatic carbocycles. The summed E-state index contributed by atoms with van der Waals surface area (Å²) in [4.78, 5) is 13.9. The maximum atomic E-state index is 11.8. The molecule has 2 aromatic rings. The standard InChI is InChI=1S/C16H15BrN2O/c1-11-2-4-12(5-3-11)9-19-10-16(20)18-14-7-6-13(17)8-15(14)19/h2-8H,9-10H2,1H3,(H,18,20). The maximum absolute atomic E-state index is 11.8. The van der Waals surface area contributed by atoms with Gasteiger partial charge in [-0.15, -0.1) is 0 Å². The van der Waals surface area contributed by atoms with E-state index in [1.54, 1.807) is 0 Å². The van der Waals surface area contributed by atoms with E-state index in [-0.39, 0.29) is 5.91 Å². The van der Waals surface area contributed by atoms with Crippen molar-refractivity contribution in [3.8, 4) is 0 Å². The molecule has 3 rings (SSSR count). The third-order valence-corrected chi connectivity index (χ3v) is 3.90. The minimum Gasteiger partial charge on any atom is -0.356 e. The molecule has 0 fully saturated rings. The predicted molar refractivity (Wildman–Crippen MR) is 85.0 cm³/mol. The molecule has 0 aromatic heterocycles. The molecule has 102 valence electrons. The normalized spacial score (nSPS) is 13.9. The molecule has 0 radical (unpaired) electrons. The molecule has 0 saturated heterocycles. The lowest BCUT2D eigenvalue weighted by molar-refractivity contribution is -0.115. The van der Waals surface area contributed by atoms with Gasteiger partial charge in [-0.3, -0.25) is 4.79 Å². The largest absolute Gasteiger partial charge is 0.356 e. The first-order chi connectivity index (χ1) is 9.61. The van der Waals surface area contributed by atoms with Gasteiger partial charge in [-0.2, -0.15) is 0 Å². The number of aryl methyl sites for hydroxylation is 1. The molecular weight excluding hydrogens is 316 g/mol. The summed E-state index contributed by atoms with van der Waals surface area (Å²) < 4.78 is 1.02. The van der Waals surface area contributed by atoms with Crippen LogP contribution in [0.15, 0.2) is 46.9 Å². The van der Waals surface area contributed by atoms with Gasteiger partial charge in [0.15, 0.2) is 0 Å². The summed E-state index contributed by atoms with van der Waals surface area (Å²) in [5.41, 5.74) is 4.38. The zero-order chi connectivity index (χ0) is 14.1. The van der Waals surface area contributed by atoms with Crippen LogP contribution in [0.2, 0.25) is 0 Å². The molecule has 3 nitrogen and oxygen atoms in total. The Morgan fingerprint density at radius 1 is 1.20 bits per heavy atom. The summed E-state index contributed by atoms with van der Waals surface area (Å²) in [7, 11) is 0. The molecule has 0 unspecified atom stereocenters. The summed E-state index contributed by atoms with van der Waals surface area (Å²) in [6.45, 7) is 3.19. The Labute approximate surface area is 126 Å². The van der Waals surface area contributed by atoms with Crippen LogP contribution >= 0.6 is 15.9 Å². The number of nitrogens with zero attached hydrogens (tertiary/aromatic N) is 1. The average Bonchev–Trinajstić information content (AvgIpc) is 2.42. The van der Waals surface area contributed by atoms with Crippen LogP contribution in [0.5, 0.6) is 0 Å². The number of halogens is 1. The van der Waals surface area contributed by atoms with Crippen LogP contribution in [0.1, 0.15) is 11.1 Å². The van der Waals surface area contributed by atoms with Crippen LogP contribution < -0.4 is 10.2 Å². The van der Waals surface area contributed by atoms with Crippen LogP contribution in [0.25, 0.3) is 0 Å². The molecule has 1 N–H and O–H groups in total. The van der Waals surface area contributed by atoms with Gasteiger partial charge in [-0.25, -0.2) is 0 Å². The number of carbonyl (C=O) groups is 1. The highest BCUT2D eigenvalue weighted by Crippen LogP contribution is 2.33. The number of benzene rings is 2. The summed E-state index contributed by atoms with van der Waals surface area (Å²) >= 11 is 3.49. The summed E-state index contributed by atoms with van der Waals surface area (Å²) in [6.07, 6.45) is 0. The van der Waals surface area contributed by atoms with Gasteiger partial charge >= 0.3 is 0 Å². The molecule has 0 bridgehead atoms. The number of nitrogens with one attached hydrogen (secondary N) is 1. The average molecular weight is 331 g/mol. The zero-order valence-electron chi connectivity index (χ0n) is 11.2. The summed E-state index contributed by atoms with van der Waals surface area (Å²) in [6, 6.07) is 14.3. The van der Waals surface area contributed by atoms with Crippen LogP contribution in [0.4, 0.5) is 11.4 Å². The quantitative estimate of drug-likeness (QED) is 0.910. The third-order valence-electron chi connectivity index (χ3n) is 3.40. The maximum Gasteiger partial charge on any atom is 0.243 e. The fourth-order valence-corrected chi connectivity index (χ4v) is 2.72. The lowest BCUT2D eigenvalue weighted by atomic mass is 10.1. The molecule has 0 spiro atoms. The number of hydrogen-bond donors (Lipinski definition) is 1. The Bertz CT molecular complexity index is 652. The molecule has 0 saturated carbocycles. The fraction of sp³-hybridized carbons (Fsp3) is 0.188. The first-order valence-corrected chi connectivity index (χ1v) is 7.31. The van der Waals surface area contributed by atoms with Crippen molar-refractivity contribution in [2.45, 2.75) is 13.5 Å². The van der Waals surface area contributed by atoms with Crippen molar-refractivity contribution < 1.29 is 4.79 Å². The molecule has 1 heterocycles. The highest BCUT2D eigenvalue weighted by atomic mass is 79.9. The second-order valence-corrected chi connectivity index (χ2v) is 5.97. The zero-order valence-corrected chi connectivity index (χ0v) is 12.8. The Hall–Kier alpha value is -1.81. The Kier molecular flexibility index (Phi) is 3.49. The van der Waals surface area contributed by atoms with Crippen molar-refractivity contribution in [2.24, 2.45) is 0 Å². The molecule has 20 heavy (non-hydrogen) atoms. The van der Waals surface area contributed by atoms with Gasteiger partial charge in [-0.05, 0) is 30.7 Å². The minimum absolute atomic E-state index is 0.0342. The van der Waals surface area contributed by atoms with E-state index in [9.17, 15) is 4.79 Å². The predicted octanol–water partition coefficient (Wildman–Crippen LogP) is 3.72. The van der Waals surface area contributed by atoms with Gasteiger partial charge in [0.2, 0.25) is 5.91 Å². The number of amides is 1. The van der Waals surface area contributed by atoms with Crippen LogP contribution in [0, 0.1) is 6.92 Å². The van der Waals surface area contributed by atoms with Crippen LogP contribution in [0.3, 0.4) is 0 Å². The first-order valence-electron chi connectivity index (χ1n) is 6.52. The molecule has 0 aliphatic carbocycles. The van der Waals surface area contributed by atoms with E-state index in [2.05, 4.69) is 57.3 Å². The first kappa shape index (κ1) is 13.2. The number of fused-ring (bicyclic) bond motifs is 1. The van der Waals surface area contributed by atoms with Gasteiger partial charge in [-0.1, -0.05) is 45.8 Å². The molecular formula is C16H15BrN2O. The lowest BCUT2D eigenvalue weighted by Crippen LogP contribution is -2.37. The van der Waals surface area contributed by atoms with Crippen molar-refractivity contribution >= 4 is 33.2 Å². The molecule has 4 heteroatoms. The van der Waals surface area contributed by atoms with Gasteiger partial charge in [0.05, 0.1) is 17.9 Å². The van der Waals surface area contributed by atoms with Crippen LogP contribution in [-0.2, 0) is 11.3 Å². The molecule has 1 aliphatic heterocycles. The summed E-state index contributed by atoms with van der Waals surface area (Å²) in [5, 5.41) is 2.91. The van der Waals surface area contributed by atoms with E-state index >= 15 is 0 Å². The monoisotopic (exact) mass is 330 g/mol. The highest BCUT2D eigenvalue weighted by Gasteiger charge is 2.22. The van der Waals surface area contributed by atoms with E-state index < -0.39 is 0 Å². The smallest absolute Gasteiger partial charge is 0.243 e. The van der Waals surface area contributed by atoms with Gasteiger partial charge in [0.25, 0.3) is 0 Å². The summed E-state index contributed by atoms with van der Waals surface area (Å²) in [5.74, 6) is 0.0342. The molecule has 0 atom stereocenters. The molecule has 1 aliphatic rings. The Morgan fingerprint density at radius 3 is 2.70 bits per heavy atom. The Balaban J connectivity index is 1.92. The van der Waals surface area contributed by atoms with Gasteiger partial charge < -0.3 is 10.2 Å². The minimum atomic E-state index is 0.0342. The van der Waals surface area contributed by atoms with E-state index in [1.165, 1.54) is 11.1 Å². The van der Waals surface area contributed by atoms with Crippen molar-refractivity contribution in [1.29, 1.82) is 0 Å². The number of anilines is 2. The third kappa shape index (κ3) is 2.70. The van der Waals surface area contributed by atoms with Gasteiger partial charge in [0.1, 0.15) is 0 Å².